The van der Waals surface area contributed by atoms with Gasteiger partial charge >= 0.3 is 0 Å². The third-order valence-corrected chi connectivity index (χ3v) is 3.17. The van der Waals surface area contributed by atoms with Crippen molar-refractivity contribution in [1.29, 1.82) is 0 Å². The maximum Gasteiger partial charge on any atom is 0.198 e. The molecule has 3 nitrogen and oxygen atoms in total. The van der Waals surface area contributed by atoms with Crippen LogP contribution in [0.15, 0.2) is 17.6 Å². The smallest absolute Gasteiger partial charge is 0.198 e. The molecular formula is C7H11ClN2OS. The van der Waals surface area contributed by atoms with E-state index in [0.29, 0.717) is 16.8 Å². The fourth-order valence-electron chi connectivity index (χ4n) is 0.848. The van der Waals surface area contributed by atoms with Crippen LogP contribution >= 0.6 is 11.6 Å². The summed E-state index contributed by atoms with van der Waals surface area (Å²) < 4.78 is 13.2. The van der Waals surface area contributed by atoms with E-state index in [0.717, 1.165) is 6.42 Å². The first-order valence-electron chi connectivity index (χ1n) is 3.67. The van der Waals surface area contributed by atoms with Gasteiger partial charge in [-0.05, 0) is 6.42 Å². The third kappa shape index (κ3) is 2.32. The molecule has 5 heteroatoms. The Bertz CT molecular complexity index is 274. The van der Waals surface area contributed by atoms with E-state index in [2.05, 4.69) is 4.98 Å². The number of hydrogen-bond donors (Lipinski definition) is 0. The summed E-state index contributed by atoms with van der Waals surface area (Å²) in [6.07, 6.45) is 4.20. The monoisotopic (exact) mass is 206 g/mol. The van der Waals surface area contributed by atoms with Gasteiger partial charge in [-0.25, -0.2) is 4.98 Å². The zero-order chi connectivity index (χ0) is 8.97. The van der Waals surface area contributed by atoms with Crippen molar-refractivity contribution in [2.75, 3.05) is 11.6 Å². The molecular weight excluding hydrogens is 196 g/mol. The molecule has 68 valence electrons. The van der Waals surface area contributed by atoms with E-state index in [1.807, 2.05) is 7.05 Å². The number of aryl methyl sites for hydroxylation is 1. The minimum atomic E-state index is -0.996. The molecule has 1 heterocycles. The molecule has 0 aromatic carbocycles. The van der Waals surface area contributed by atoms with Gasteiger partial charge in [-0.2, -0.15) is 0 Å². The van der Waals surface area contributed by atoms with Crippen molar-refractivity contribution in [1.82, 2.24) is 9.55 Å². The van der Waals surface area contributed by atoms with Crippen LogP contribution in [-0.4, -0.2) is 25.4 Å². The SMILES string of the molecule is Cn1ccnc1S(=O)CCCCl. The fraction of sp³-hybridized carbons (Fsp3) is 0.571. The second-order valence-corrected chi connectivity index (χ2v) is 4.26. The summed E-state index contributed by atoms with van der Waals surface area (Å²) in [5.74, 6) is 1.14. The fourth-order valence-corrected chi connectivity index (χ4v) is 2.29. The molecule has 0 amide bonds. The number of hydrogen-bond acceptors (Lipinski definition) is 2. The van der Waals surface area contributed by atoms with Crippen LogP contribution in [0, 0.1) is 0 Å². The quantitative estimate of drug-likeness (QED) is 0.693. The molecule has 12 heavy (non-hydrogen) atoms. The number of imidazole rings is 1. The zero-order valence-electron chi connectivity index (χ0n) is 6.86. The van der Waals surface area contributed by atoms with Gasteiger partial charge in [-0.3, -0.25) is 4.21 Å². The first-order chi connectivity index (χ1) is 5.75. The Morgan fingerprint density at radius 2 is 2.50 bits per heavy atom. The molecule has 0 N–H and O–H groups in total. The van der Waals surface area contributed by atoms with E-state index in [4.69, 9.17) is 11.6 Å². The Morgan fingerprint density at radius 1 is 1.75 bits per heavy atom. The van der Waals surface area contributed by atoms with Gasteiger partial charge < -0.3 is 4.57 Å². The Hall–Kier alpha value is -0.350. The Balaban J connectivity index is 2.59. The average molecular weight is 207 g/mol. The van der Waals surface area contributed by atoms with Crippen LogP contribution in [0.1, 0.15) is 6.42 Å². The van der Waals surface area contributed by atoms with E-state index >= 15 is 0 Å². The van der Waals surface area contributed by atoms with Gasteiger partial charge in [0.2, 0.25) is 0 Å². The molecule has 0 aliphatic heterocycles. The van der Waals surface area contributed by atoms with Gasteiger partial charge in [0.1, 0.15) is 0 Å². The van der Waals surface area contributed by atoms with Gasteiger partial charge in [0.25, 0.3) is 0 Å². The molecule has 0 aliphatic rings. The Morgan fingerprint density at radius 3 is 3.00 bits per heavy atom. The van der Waals surface area contributed by atoms with Gasteiger partial charge in [-0.1, -0.05) is 0 Å². The second-order valence-electron chi connectivity index (χ2n) is 2.41. The predicted octanol–water partition coefficient (Wildman–Crippen LogP) is 1.16. The van der Waals surface area contributed by atoms with E-state index in [1.165, 1.54) is 0 Å². The summed E-state index contributed by atoms with van der Waals surface area (Å²) in [7, 11) is 0.838. The standard InChI is InChI=1S/C7H11ClN2OS/c1-10-5-4-9-7(10)12(11)6-2-3-8/h4-5H,2-3,6H2,1H3. The van der Waals surface area contributed by atoms with Crippen LogP contribution in [0.2, 0.25) is 0 Å². The van der Waals surface area contributed by atoms with Crippen molar-refractivity contribution in [2.24, 2.45) is 7.05 Å². The van der Waals surface area contributed by atoms with Crippen molar-refractivity contribution in [3.05, 3.63) is 12.4 Å². The number of aromatic nitrogens is 2. The lowest BCUT2D eigenvalue weighted by atomic mass is 10.6. The molecule has 1 atom stereocenters. The van der Waals surface area contributed by atoms with Crippen molar-refractivity contribution in [2.45, 2.75) is 11.6 Å². The highest BCUT2D eigenvalue weighted by Gasteiger charge is 2.07. The largest absolute Gasteiger partial charge is 0.327 e. The lowest BCUT2D eigenvalue weighted by Gasteiger charge is -1.99. The van der Waals surface area contributed by atoms with Crippen LogP contribution in [0.3, 0.4) is 0 Å². The lowest BCUT2D eigenvalue weighted by molar-refractivity contribution is 0.664. The maximum absolute atomic E-state index is 11.5. The van der Waals surface area contributed by atoms with Gasteiger partial charge in [0.05, 0.1) is 10.8 Å². The van der Waals surface area contributed by atoms with Crippen LogP contribution in [0.5, 0.6) is 0 Å². The number of rotatable bonds is 4. The first kappa shape index (κ1) is 9.74. The molecule has 1 aromatic rings. The van der Waals surface area contributed by atoms with E-state index in [-0.39, 0.29) is 0 Å². The molecule has 0 fully saturated rings. The summed E-state index contributed by atoms with van der Waals surface area (Å²) in [5.41, 5.74) is 0. The van der Waals surface area contributed by atoms with Gasteiger partial charge in [0, 0.05) is 31.1 Å². The number of alkyl halides is 1. The number of halogens is 1. The maximum atomic E-state index is 11.5. The van der Waals surface area contributed by atoms with Crippen molar-refractivity contribution < 1.29 is 4.21 Å². The molecule has 0 saturated carbocycles. The molecule has 0 radical (unpaired) electrons. The average Bonchev–Trinajstić information content (AvgIpc) is 2.47. The normalized spacial score (nSPS) is 13.2. The van der Waals surface area contributed by atoms with E-state index in [1.54, 1.807) is 17.0 Å². The van der Waals surface area contributed by atoms with Crippen molar-refractivity contribution in [3.8, 4) is 0 Å². The molecule has 0 saturated heterocycles. The summed E-state index contributed by atoms with van der Waals surface area (Å²) >= 11 is 5.49. The van der Waals surface area contributed by atoms with Crippen LogP contribution in [0.4, 0.5) is 0 Å². The minimum Gasteiger partial charge on any atom is -0.327 e. The highest BCUT2D eigenvalue weighted by molar-refractivity contribution is 7.84. The van der Waals surface area contributed by atoms with E-state index < -0.39 is 10.8 Å². The second kappa shape index (κ2) is 4.62. The minimum absolute atomic E-state index is 0.552. The molecule has 1 rings (SSSR count). The topological polar surface area (TPSA) is 34.9 Å². The van der Waals surface area contributed by atoms with Gasteiger partial charge in [0.15, 0.2) is 5.16 Å². The van der Waals surface area contributed by atoms with Crippen LogP contribution < -0.4 is 0 Å². The van der Waals surface area contributed by atoms with Gasteiger partial charge in [-0.15, -0.1) is 11.6 Å². The number of nitrogens with zero attached hydrogens (tertiary/aromatic N) is 2. The third-order valence-electron chi connectivity index (χ3n) is 1.44. The highest BCUT2D eigenvalue weighted by atomic mass is 35.5. The Kier molecular flexibility index (Phi) is 3.75. The van der Waals surface area contributed by atoms with Crippen LogP contribution in [-0.2, 0) is 17.8 Å². The molecule has 1 aromatic heterocycles. The van der Waals surface area contributed by atoms with Crippen LogP contribution in [0.25, 0.3) is 0 Å². The molecule has 0 bridgehead atoms. The molecule has 0 spiro atoms. The summed E-state index contributed by atoms with van der Waals surface area (Å²) in [6, 6.07) is 0. The first-order valence-corrected chi connectivity index (χ1v) is 5.52. The molecule has 1 unspecified atom stereocenters. The zero-order valence-corrected chi connectivity index (χ0v) is 8.44. The summed E-state index contributed by atoms with van der Waals surface area (Å²) in [4.78, 5) is 3.99. The summed E-state index contributed by atoms with van der Waals surface area (Å²) in [5, 5.41) is 0.625. The predicted molar refractivity (Wildman–Crippen MR) is 49.8 cm³/mol. The lowest BCUT2D eigenvalue weighted by Crippen LogP contribution is -2.05. The highest BCUT2D eigenvalue weighted by Crippen LogP contribution is 2.03. The van der Waals surface area contributed by atoms with Crippen molar-refractivity contribution in [3.63, 3.8) is 0 Å². The molecule has 0 aliphatic carbocycles. The Labute approximate surface area is 79.2 Å². The summed E-state index contributed by atoms with van der Waals surface area (Å²) in [6.45, 7) is 0. The van der Waals surface area contributed by atoms with E-state index in [9.17, 15) is 4.21 Å². The van der Waals surface area contributed by atoms with Crippen molar-refractivity contribution >= 4 is 22.4 Å².